The molecule has 1 aromatic carbocycles. The number of rotatable bonds is 17. The molecule has 19 heteroatoms. The van der Waals surface area contributed by atoms with Crippen LogP contribution in [0.3, 0.4) is 0 Å². The van der Waals surface area contributed by atoms with Crippen molar-refractivity contribution in [3.8, 4) is 11.6 Å². The Labute approximate surface area is 386 Å². The molecule has 16 nitrogen and oxygen atoms in total. The number of halogens is 2. The third kappa shape index (κ3) is 10.6. The van der Waals surface area contributed by atoms with Crippen LogP contribution < -0.4 is 14.8 Å². The van der Waals surface area contributed by atoms with E-state index >= 15 is 0 Å². The first kappa shape index (κ1) is 46.9. The van der Waals surface area contributed by atoms with Crippen LogP contribution in [0, 0.1) is 17.6 Å². The van der Waals surface area contributed by atoms with Crippen molar-refractivity contribution in [3.63, 3.8) is 0 Å². The lowest BCUT2D eigenvalue weighted by Gasteiger charge is -2.39. The zero-order valence-corrected chi connectivity index (χ0v) is 38.6. The van der Waals surface area contributed by atoms with E-state index in [4.69, 9.17) is 18.7 Å². The number of thiophene rings is 1. The fourth-order valence-electron chi connectivity index (χ4n) is 9.26. The van der Waals surface area contributed by atoms with Gasteiger partial charge >= 0.3 is 0 Å². The predicted molar refractivity (Wildman–Crippen MR) is 242 cm³/mol. The van der Waals surface area contributed by atoms with Gasteiger partial charge in [-0.3, -0.25) is 29.1 Å². The molecule has 1 atom stereocenters. The molecule has 3 aliphatic rings. The molecule has 0 bridgehead atoms. The van der Waals surface area contributed by atoms with Gasteiger partial charge in [-0.15, -0.1) is 11.3 Å². The van der Waals surface area contributed by atoms with E-state index in [0.29, 0.717) is 18.2 Å². The van der Waals surface area contributed by atoms with E-state index in [-0.39, 0.29) is 105 Å². The van der Waals surface area contributed by atoms with Gasteiger partial charge in [-0.2, -0.15) is 0 Å². The standard InChI is InChI=1S/C47H58F2N8O8S/c1-4-39(58)51-42(30-8-6-5-7-9-30)46(60)56-17-19-57(20-18-56)47(61)43-41(33-27-34(48)35(49)28-37(33)54(43)3)45(59)53(2)21-22-62-23-24-63-40-26-32(65-52-40)29-55-15-11-31(12-16-55)64-38-10-14-50-36-13-25-66-44(36)38/h10,13-14,25-28,30-31,42H,4-9,11-12,15-24,29H2,1-3H3,(H,51,58)/t42-/m0/s1. The molecule has 0 unspecified atom stereocenters. The fourth-order valence-corrected chi connectivity index (χ4v) is 10.1. The van der Waals surface area contributed by atoms with Crippen molar-refractivity contribution < 1.29 is 46.7 Å². The molecule has 8 rings (SSSR count). The molecule has 1 saturated carbocycles. The molecule has 1 N–H and O–H groups in total. The van der Waals surface area contributed by atoms with Gasteiger partial charge in [-0.25, -0.2) is 8.78 Å². The van der Waals surface area contributed by atoms with Crippen LogP contribution >= 0.6 is 11.3 Å². The number of benzene rings is 1. The summed E-state index contributed by atoms with van der Waals surface area (Å²) in [6, 6.07) is 7.00. The van der Waals surface area contributed by atoms with Crippen molar-refractivity contribution in [3.05, 3.63) is 70.6 Å². The first-order valence-corrected chi connectivity index (χ1v) is 23.8. The number of ether oxygens (including phenoxy) is 3. The largest absolute Gasteiger partial charge is 0.489 e. The summed E-state index contributed by atoms with van der Waals surface area (Å²) < 4.78 is 55.2. The Morgan fingerprint density at radius 1 is 0.939 bits per heavy atom. The average molecular weight is 933 g/mol. The summed E-state index contributed by atoms with van der Waals surface area (Å²) in [6.07, 6.45) is 8.80. The first-order chi connectivity index (χ1) is 32.0. The summed E-state index contributed by atoms with van der Waals surface area (Å²) in [5.74, 6) is -1.69. The van der Waals surface area contributed by atoms with Crippen LogP contribution in [0.5, 0.6) is 11.6 Å². The number of piperazine rings is 1. The topological polar surface area (TPSA) is 165 Å². The lowest BCUT2D eigenvalue weighted by atomic mass is 9.83. The molecule has 3 fully saturated rings. The molecule has 6 heterocycles. The van der Waals surface area contributed by atoms with Crippen LogP contribution in [0.25, 0.3) is 21.1 Å². The molecule has 66 heavy (non-hydrogen) atoms. The fraction of sp³-hybridized carbons (Fsp3) is 0.532. The summed E-state index contributed by atoms with van der Waals surface area (Å²) in [6.45, 7) is 5.47. The number of nitrogens with one attached hydrogen (secondary N) is 1. The molecular formula is C47H58F2N8O8S. The van der Waals surface area contributed by atoms with Crippen molar-refractivity contribution in [2.75, 3.05) is 72.7 Å². The Hall–Kier alpha value is -5.66. The van der Waals surface area contributed by atoms with Crippen LogP contribution in [-0.4, -0.2) is 143 Å². The highest BCUT2D eigenvalue weighted by atomic mass is 32.1. The molecule has 1 aliphatic carbocycles. The number of hydrogen-bond acceptors (Lipinski definition) is 12. The third-order valence-electron chi connectivity index (χ3n) is 13.0. The van der Waals surface area contributed by atoms with Gasteiger partial charge in [0.2, 0.25) is 11.8 Å². The SMILES string of the molecule is CCC(=O)N[C@H](C(=O)N1CCN(C(=O)c2c(C(=O)N(C)CCOCCOc3cc(CN4CCC(Oc5ccnc6ccsc56)CC4)on3)c3cc(F)c(F)cc3n2C)CC1)C1CCCCC1. The molecule has 0 radical (unpaired) electrons. The van der Waals surface area contributed by atoms with Gasteiger partial charge in [0.05, 0.1) is 41.1 Å². The Kier molecular flexibility index (Phi) is 15.1. The summed E-state index contributed by atoms with van der Waals surface area (Å²) in [7, 11) is 3.09. The van der Waals surface area contributed by atoms with Gasteiger partial charge in [-0.05, 0) is 60.3 Å². The maximum absolute atomic E-state index is 14.7. The van der Waals surface area contributed by atoms with E-state index in [2.05, 4.69) is 20.4 Å². The van der Waals surface area contributed by atoms with Gasteiger partial charge in [0.25, 0.3) is 17.7 Å². The van der Waals surface area contributed by atoms with Crippen molar-refractivity contribution >= 4 is 56.1 Å². The minimum atomic E-state index is -1.14. The van der Waals surface area contributed by atoms with Crippen LogP contribution in [0.1, 0.15) is 84.9 Å². The third-order valence-corrected chi connectivity index (χ3v) is 13.9. The van der Waals surface area contributed by atoms with E-state index in [1.54, 1.807) is 54.4 Å². The van der Waals surface area contributed by atoms with E-state index < -0.39 is 29.5 Å². The molecule has 5 aromatic rings. The minimum Gasteiger partial charge on any atom is -0.489 e. The second kappa shape index (κ2) is 21.3. The average Bonchev–Trinajstić information content (AvgIpc) is 4.08. The highest BCUT2D eigenvalue weighted by Crippen LogP contribution is 2.33. The maximum atomic E-state index is 14.7. The smallest absolute Gasteiger partial charge is 0.271 e. The number of aryl methyl sites for hydroxylation is 1. The lowest BCUT2D eigenvalue weighted by Crippen LogP contribution is -2.58. The quantitative estimate of drug-likeness (QED) is 0.108. The molecule has 2 saturated heterocycles. The normalized spacial score (nSPS) is 17.0. The Morgan fingerprint density at radius 3 is 2.44 bits per heavy atom. The predicted octanol–water partition coefficient (Wildman–Crippen LogP) is 6.02. The molecule has 4 aromatic heterocycles. The number of pyridine rings is 1. The van der Waals surface area contributed by atoms with Gasteiger partial charge < -0.3 is 43.3 Å². The summed E-state index contributed by atoms with van der Waals surface area (Å²) in [5, 5.41) is 9.14. The number of likely N-dealkylation sites (tertiary alicyclic amines) is 1. The Balaban J connectivity index is 0.811. The van der Waals surface area contributed by atoms with Crippen molar-refractivity contribution in [2.45, 2.75) is 77.0 Å². The van der Waals surface area contributed by atoms with E-state index in [0.717, 1.165) is 86.1 Å². The van der Waals surface area contributed by atoms with Crippen LogP contribution in [0.15, 0.2) is 46.4 Å². The number of hydrogen-bond donors (Lipinski definition) is 1. The number of likely N-dealkylation sites (N-methyl/N-ethyl adjacent to an activating group) is 1. The van der Waals surface area contributed by atoms with Crippen LogP contribution in [-0.2, 0) is 27.9 Å². The van der Waals surface area contributed by atoms with Crippen molar-refractivity contribution in [1.29, 1.82) is 0 Å². The van der Waals surface area contributed by atoms with Crippen LogP contribution in [0.4, 0.5) is 8.78 Å². The Morgan fingerprint density at radius 2 is 1.68 bits per heavy atom. The molecule has 354 valence electrons. The first-order valence-electron chi connectivity index (χ1n) is 23.0. The molecular weight excluding hydrogens is 875 g/mol. The number of aromatic nitrogens is 3. The van der Waals surface area contributed by atoms with Crippen LogP contribution in [0.2, 0.25) is 0 Å². The number of nitrogens with zero attached hydrogens (tertiary/aromatic N) is 7. The van der Waals surface area contributed by atoms with Gasteiger partial charge in [0, 0.05) is 90.0 Å². The van der Waals surface area contributed by atoms with Gasteiger partial charge in [0.1, 0.15) is 30.2 Å². The number of carbonyl (C=O) groups excluding carboxylic acids is 4. The summed E-state index contributed by atoms with van der Waals surface area (Å²) >= 11 is 1.63. The second-order valence-electron chi connectivity index (χ2n) is 17.3. The van der Waals surface area contributed by atoms with Gasteiger partial charge in [0.15, 0.2) is 17.4 Å². The van der Waals surface area contributed by atoms with Crippen molar-refractivity contribution in [1.82, 2.24) is 39.6 Å². The Bertz CT molecular complexity index is 2510. The van der Waals surface area contributed by atoms with E-state index in [9.17, 15) is 28.0 Å². The number of fused-ring (bicyclic) bond motifs is 2. The second-order valence-corrected chi connectivity index (χ2v) is 18.3. The number of carbonyl (C=O) groups is 4. The highest BCUT2D eigenvalue weighted by molar-refractivity contribution is 7.17. The highest BCUT2D eigenvalue weighted by Gasteiger charge is 2.37. The number of piperidine rings is 1. The lowest BCUT2D eigenvalue weighted by molar-refractivity contribution is -0.139. The van der Waals surface area contributed by atoms with Gasteiger partial charge in [-0.1, -0.05) is 26.2 Å². The van der Waals surface area contributed by atoms with E-state index in [1.165, 1.54) is 9.47 Å². The zero-order chi connectivity index (χ0) is 46.3. The number of amides is 4. The monoisotopic (exact) mass is 932 g/mol. The molecule has 4 amide bonds. The minimum absolute atomic E-state index is 0.0115. The zero-order valence-electron chi connectivity index (χ0n) is 37.8. The maximum Gasteiger partial charge on any atom is 0.271 e. The summed E-state index contributed by atoms with van der Waals surface area (Å²) in [5.41, 5.74) is 1.07. The molecule has 0 spiro atoms. The summed E-state index contributed by atoms with van der Waals surface area (Å²) in [4.78, 5) is 66.1. The van der Waals surface area contributed by atoms with Crippen molar-refractivity contribution in [2.24, 2.45) is 13.0 Å². The molecule has 2 aliphatic heterocycles. The van der Waals surface area contributed by atoms with E-state index in [1.807, 2.05) is 17.5 Å².